The summed E-state index contributed by atoms with van der Waals surface area (Å²) in [6, 6.07) is 10.2. The van der Waals surface area contributed by atoms with E-state index in [0.29, 0.717) is 57.4 Å². The number of nitrogens with two attached hydrogens (primary N) is 1. The van der Waals surface area contributed by atoms with Crippen molar-refractivity contribution >= 4 is 41.3 Å². The fourth-order valence-electron chi connectivity index (χ4n) is 7.38. The van der Waals surface area contributed by atoms with Crippen LogP contribution in [0.1, 0.15) is 89.8 Å². The van der Waals surface area contributed by atoms with Crippen molar-refractivity contribution in [1.29, 1.82) is 0 Å². The van der Waals surface area contributed by atoms with Crippen LogP contribution in [0.3, 0.4) is 0 Å². The van der Waals surface area contributed by atoms with Crippen molar-refractivity contribution in [3.8, 4) is 0 Å². The van der Waals surface area contributed by atoms with Gasteiger partial charge in [-0.15, -0.1) is 11.8 Å². The number of carbonyl (C=O) groups excluding carboxylic acids is 5. The quantitative estimate of drug-likeness (QED) is 0.140. The molecule has 0 spiro atoms. The Morgan fingerprint density at radius 2 is 1.55 bits per heavy atom. The third-order valence-electron chi connectivity index (χ3n) is 10.0. The smallest absolute Gasteiger partial charge is 0.243 e. The second-order valence-corrected chi connectivity index (χ2v) is 17.6. The molecule has 2 fully saturated rings. The van der Waals surface area contributed by atoms with Crippen LogP contribution in [0.15, 0.2) is 53.4 Å². The first-order valence-corrected chi connectivity index (χ1v) is 20.8. The van der Waals surface area contributed by atoms with E-state index >= 15 is 0 Å². The molecule has 2 aromatic carbocycles. The highest BCUT2D eigenvalue weighted by Gasteiger charge is 2.45. The number of nitrogens with one attached hydrogen (secondary N) is 5. The summed E-state index contributed by atoms with van der Waals surface area (Å²) in [5, 5.41) is 15.3. The normalized spacial score (nSPS) is 24.5. The molecule has 0 unspecified atom stereocenters. The van der Waals surface area contributed by atoms with Crippen LogP contribution in [0.4, 0.5) is 0 Å². The van der Waals surface area contributed by atoms with E-state index in [1.54, 1.807) is 0 Å². The second kappa shape index (κ2) is 20.3. The highest BCUT2D eigenvalue weighted by Crippen LogP contribution is 2.29. The minimum Gasteiger partial charge on any atom is -0.350 e. The number of aryl methyl sites for hydroxylation is 2. The topological polar surface area (TPSA) is 175 Å². The highest BCUT2D eigenvalue weighted by atomic mass is 32.2. The number of thioether (sulfide) groups is 1. The third kappa shape index (κ3) is 13.1. The summed E-state index contributed by atoms with van der Waals surface area (Å²) in [5.74, 6) is -1.75. The van der Waals surface area contributed by atoms with Crippen molar-refractivity contribution in [2.45, 2.75) is 140 Å². The average Bonchev–Trinajstić information content (AvgIpc) is 3.58. The molecule has 0 radical (unpaired) electrons. The lowest BCUT2D eigenvalue weighted by atomic mass is 10.00. The molecular formula is C42H63N7O5S. The molecule has 7 N–H and O–H groups in total. The molecule has 2 aromatic rings. The maximum Gasteiger partial charge on any atom is 0.243 e. The number of carbonyl (C=O) groups is 5. The summed E-state index contributed by atoms with van der Waals surface area (Å²) in [7, 11) is 0. The minimum atomic E-state index is -1.03. The predicted octanol–water partition coefficient (Wildman–Crippen LogP) is 3.51. The molecule has 0 aromatic heterocycles. The van der Waals surface area contributed by atoms with E-state index in [4.69, 9.17) is 5.73 Å². The largest absolute Gasteiger partial charge is 0.350 e. The molecule has 0 aliphatic carbocycles. The van der Waals surface area contributed by atoms with Gasteiger partial charge in [0, 0.05) is 22.6 Å². The Hall–Kier alpha value is -3.94. The summed E-state index contributed by atoms with van der Waals surface area (Å²) in [6.45, 7) is 14.6. The van der Waals surface area contributed by atoms with Gasteiger partial charge in [-0.3, -0.25) is 28.9 Å². The van der Waals surface area contributed by atoms with Gasteiger partial charge in [0.15, 0.2) is 0 Å². The third-order valence-corrected chi connectivity index (χ3v) is 11.3. The van der Waals surface area contributed by atoms with Crippen LogP contribution in [-0.2, 0) is 30.4 Å². The van der Waals surface area contributed by atoms with Crippen molar-refractivity contribution in [2.75, 3.05) is 18.8 Å². The van der Waals surface area contributed by atoms with Gasteiger partial charge in [0.05, 0.1) is 12.1 Å². The molecular weight excluding hydrogens is 715 g/mol. The Kier molecular flexibility index (Phi) is 16.2. The van der Waals surface area contributed by atoms with Crippen LogP contribution < -0.4 is 32.3 Å². The Morgan fingerprint density at radius 3 is 2.20 bits per heavy atom. The lowest BCUT2D eigenvalue weighted by molar-refractivity contribution is -0.136. The van der Waals surface area contributed by atoms with Crippen molar-refractivity contribution < 1.29 is 24.0 Å². The van der Waals surface area contributed by atoms with E-state index in [2.05, 4.69) is 32.7 Å². The van der Waals surface area contributed by atoms with E-state index in [1.165, 1.54) is 11.8 Å². The molecule has 55 heavy (non-hydrogen) atoms. The van der Waals surface area contributed by atoms with Crippen LogP contribution in [0.25, 0.3) is 0 Å². The zero-order chi connectivity index (χ0) is 40.3. The summed E-state index contributed by atoms with van der Waals surface area (Å²) in [4.78, 5) is 74.7. The number of fused-ring (bicyclic) bond motifs is 1. The summed E-state index contributed by atoms with van der Waals surface area (Å²) in [6.07, 6.45) is 3.17. The van der Waals surface area contributed by atoms with Gasteiger partial charge >= 0.3 is 0 Å². The number of benzene rings is 2. The van der Waals surface area contributed by atoms with Crippen LogP contribution in [-0.4, -0.2) is 95.1 Å². The van der Waals surface area contributed by atoms with E-state index in [-0.39, 0.29) is 24.2 Å². The second-order valence-electron chi connectivity index (χ2n) is 16.6. The molecule has 2 aliphatic rings. The molecule has 5 amide bonds. The average molecular weight is 778 g/mol. The van der Waals surface area contributed by atoms with Gasteiger partial charge in [0.1, 0.15) is 24.2 Å². The lowest BCUT2D eigenvalue weighted by Crippen LogP contribution is -2.65. The number of hydrogen-bond acceptors (Lipinski definition) is 8. The van der Waals surface area contributed by atoms with Gasteiger partial charge in [0.2, 0.25) is 29.5 Å². The van der Waals surface area contributed by atoms with Crippen LogP contribution in [0, 0.1) is 19.8 Å². The first kappa shape index (κ1) is 43.8. The number of unbranched alkanes of at least 4 members (excludes halogenated alkanes) is 1. The van der Waals surface area contributed by atoms with Gasteiger partial charge in [-0.2, -0.15) is 0 Å². The van der Waals surface area contributed by atoms with Crippen molar-refractivity contribution in [3.05, 3.63) is 65.2 Å². The Labute approximate surface area is 331 Å². The zero-order valence-corrected chi connectivity index (χ0v) is 34.5. The first-order chi connectivity index (χ1) is 26.1. The number of hydrogen-bond donors (Lipinski definition) is 6. The standard InChI is InChI=1S/C42H63N7O5S/c1-26(2)22-31-38(51)45-32(24-29-14-9-8-10-15-29)39(52)44-30(16-11-12-20-43)37(50)47-33(25-55-35-19-18-27(3)23-28(35)4)36(41(54)48-42(5,6)7)49-21-13-17-34(49)40(53)46-31/h8-10,14-15,18-19,23,26,30-34,36H,11-13,16-17,20-22,24-25,43H2,1-7H3,(H,44,52)(H,45,51)(H,46,53)(H,47,50)(H,48,54)/t30-,31+,32+,33-,34-,36-/m0/s1. The number of rotatable bonds is 12. The molecule has 0 saturated carbocycles. The van der Waals surface area contributed by atoms with Gasteiger partial charge in [0.25, 0.3) is 0 Å². The molecule has 2 saturated heterocycles. The minimum absolute atomic E-state index is 0.0462. The molecule has 302 valence electrons. The van der Waals surface area contributed by atoms with Crippen molar-refractivity contribution in [2.24, 2.45) is 11.7 Å². The van der Waals surface area contributed by atoms with Crippen LogP contribution >= 0.6 is 11.8 Å². The zero-order valence-electron chi connectivity index (χ0n) is 33.7. The van der Waals surface area contributed by atoms with Gasteiger partial charge < -0.3 is 32.3 Å². The molecule has 6 atom stereocenters. The van der Waals surface area contributed by atoms with Crippen molar-refractivity contribution in [1.82, 2.24) is 31.5 Å². The molecule has 0 bridgehead atoms. The van der Waals surface area contributed by atoms with Crippen LogP contribution in [0.5, 0.6) is 0 Å². The molecule has 2 aliphatic heterocycles. The SMILES string of the molecule is Cc1ccc(SC[C@@H]2NC(=O)[C@H](CCCCN)NC(=O)[C@@H](Cc3ccccc3)NC(=O)[C@@H](CC(C)C)NC(=O)[C@@H]3CCCN3[C@@H]2C(=O)NC(C)(C)C)c(C)c1. The summed E-state index contributed by atoms with van der Waals surface area (Å²) in [5.41, 5.74) is 8.27. The fraction of sp³-hybridized carbons (Fsp3) is 0.595. The molecule has 2 heterocycles. The van der Waals surface area contributed by atoms with Gasteiger partial charge in [-0.1, -0.05) is 61.9 Å². The maximum atomic E-state index is 14.6. The predicted molar refractivity (Wildman–Crippen MR) is 218 cm³/mol. The number of nitrogens with zero attached hydrogens (tertiary/aromatic N) is 1. The monoisotopic (exact) mass is 777 g/mol. The number of amides is 5. The molecule has 13 heteroatoms. The molecule has 4 rings (SSSR count). The van der Waals surface area contributed by atoms with Crippen LogP contribution in [0.2, 0.25) is 0 Å². The Balaban J connectivity index is 1.84. The van der Waals surface area contributed by atoms with E-state index < -0.39 is 59.5 Å². The van der Waals surface area contributed by atoms with E-state index in [9.17, 15) is 24.0 Å². The van der Waals surface area contributed by atoms with Gasteiger partial charge in [-0.05, 0) is 109 Å². The highest BCUT2D eigenvalue weighted by molar-refractivity contribution is 7.99. The van der Waals surface area contributed by atoms with E-state index in [1.807, 2.05) is 95.8 Å². The van der Waals surface area contributed by atoms with E-state index in [0.717, 1.165) is 21.6 Å². The summed E-state index contributed by atoms with van der Waals surface area (Å²) >= 11 is 1.54. The first-order valence-electron chi connectivity index (χ1n) is 19.8. The Bertz CT molecular complexity index is 1630. The molecule has 12 nitrogen and oxygen atoms in total. The van der Waals surface area contributed by atoms with Gasteiger partial charge in [-0.25, -0.2) is 0 Å². The van der Waals surface area contributed by atoms with Crippen molar-refractivity contribution in [3.63, 3.8) is 0 Å². The summed E-state index contributed by atoms with van der Waals surface area (Å²) < 4.78 is 0. The maximum absolute atomic E-state index is 14.6. The fourth-order valence-corrected chi connectivity index (χ4v) is 8.46. The lowest BCUT2D eigenvalue weighted by Gasteiger charge is -2.39. The Morgan fingerprint density at radius 1 is 0.891 bits per heavy atom.